The highest BCUT2D eigenvalue weighted by Crippen LogP contribution is 2.41. The second-order valence-electron chi connectivity index (χ2n) is 8.95. The lowest BCUT2D eigenvalue weighted by Gasteiger charge is -2.34. The molecular weight excluding hydrogens is 472 g/mol. The Hall–Kier alpha value is -2.46. The number of alkyl halides is 4. The summed E-state index contributed by atoms with van der Waals surface area (Å²) < 4.78 is 80.2. The van der Waals surface area contributed by atoms with Gasteiger partial charge in [0.05, 0.1) is 16.5 Å². The van der Waals surface area contributed by atoms with Crippen molar-refractivity contribution in [3.63, 3.8) is 0 Å². The van der Waals surface area contributed by atoms with Gasteiger partial charge in [-0.25, -0.2) is 12.8 Å². The molecule has 1 aliphatic heterocycles. The van der Waals surface area contributed by atoms with E-state index in [1.165, 1.54) is 0 Å². The van der Waals surface area contributed by atoms with Crippen LogP contribution in [0.2, 0.25) is 0 Å². The Morgan fingerprint density at radius 3 is 2.29 bits per heavy atom. The third kappa shape index (κ3) is 4.98. The lowest BCUT2D eigenvalue weighted by atomic mass is 9.93. The molecule has 1 aliphatic carbocycles. The van der Waals surface area contributed by atoms with Crippen LogP contribution in [0.1, 0.15) is 55.7 Å². The van der Waals surface area contributed by atoms with Crippen LogP contribution in [0.3, 0.4) is 0 Å². The van der Waals surface area contributed by atoms with E-state index in [0.717, 1.165) is 30.2 Å². The molecule has 2 aromatic carbocycles. The summed E-state index contributed by atoms with van der Waals surface area (Å²) in [7, 11) is -4.64. The van der Waals surface area contributed by atoms with Crippen LogP contribution in [0.25, 0.3) is 0 Å². The number of carbonyl (C=O) groups excluding carboxylic acids is 1. The number of rotatable bonds is 5. The summed E-state index contributed by atoms with van der Waals surface area (Å²) in [4.78, 5) is 12.0. The van der Waals surface area contributed by atoms with Crippen molar-refractivity contribution in [3.8, 4) is 0 Å². The standard InChI is InChI=1S/C24H26F4N2O3S/c25-23(34(32,33)19-8-4-7-17(15-19)24(26,27)28)13-11-18(12-14-23)29-22(31)21-10-9-20(30-21)16-5-2-1-3-6-16/h1-8,15,18,20-21,30H,9-14H2,(H,29,31)/t18?,20-,21+,23?/m1/s1. The molecule has 34 heavy (non-hydrogen) atoms. The van der Waals surface area contributed by atoms with Gasteiger partial charge in [0.2, 0.25) is 20.7 Å². The number of amides is 1. The predicted octanol–water partition coefficient (Wildman–Crippen LogP) is 4.70. The van der Waals surface area contributed by atoms with Gasteiger partial charge in [-0.1, -0.05) is 36.4 Å². The third-order valence-electron chi connectivity index (χ3n) is 6.70. The van der Waals surface area contributed by atoms with Crippen LogP contribution >= 0.6 is 0 Å². The van der Waals surface area contributed by atoms with Gasteiger partial charge in [0.25, 0.3) is 0 Å². The molecule has 0 radical (unpaired) electrons. The molecule has 1 saturated heterocycles. The zero-order valence-electron chi connectivity index (χ0n) is 18.3. The number of benzene rings is 2. The minimum absolute atomic E-state index is 0.0689. The van der Waals surface area contributed by atoms with Gasteiger partial charge in [-0.3, -0.25) is 10.1 Å². The first-order chi connectivity index (χ1) is 16.0. The molecule has 5 nitrogen and oxygen atoms in total. The zero-order chi connectivity index (χ0) is 24.6. The molecule has 4 rings (SSSR count). The molecule has 0 spiro atoms. The Morgan fingerprint density at radius 1 is 0.971 bits per heavy atom. The van der Waals surface area contributed by atoms with Crippen molar-refractivity contribution in [2.45, 2.75) is 72.7 Å². The quantitative estimate of drug-likeness (QED) is 0.587. The van der Waals surface area contributed by atoms with Crippen LogP contribution < -0.4 is 10.6 Å². The summed E-state index contributed by atoms with van der Waals surface area (Å²) in [5.41, 5.74) is -0.0477. The highest BCUT2D eigenvalue weighted by atomic mass is 32.2. The Morgan fingerprint density at radius 2 is 1.65 bits per heavy atom. The molecule has 1 amide bonds. The number of sulfone groups is 1. The summed E-state index contributed by atoms with van der Waals surface area (Å²) in [5.74, 6) is -0.212. The Kier molecular flexibility index (Phi) is 6.74. The van der Waals surface area contributed by atoms with Gasteiger partial charge in [-0.2, -0.15) is 13.2 Å². The van der Waals surface area contributed by atoms with Crippen molar-refractivity contribution >= 4 is 15.7 Å². The van der Waals surface area contributed by atoms with Crippen LogP contribution in [0.4, 0.5) is 17.6 Å². The van der Waals surface area contributed by atoms with Crippen LogP contribution in [-0.4, -0.2) is 31.4 Å². The van der Waals surface area contributed by atoms with E-state index in [1.54, 1.807) is 0 Å². The largest absolute Gasteiger partial charge is 0.416 e. The van der Waals surface area contributed by atoms with E-state index in [-0.39, 0.29) is 24.8 Å². The molecule has 1 saturated carbocycles. The van der Waals surface area contributed by atoms with E-state index in [1.807, 2.05) is 30.3 Å². The van der Waals surface area contributed by atoms with Crippen molar-refractivity contribution < 1.29 is 30.8 Å². The molecule has 2 N–H and O–H groups in total. The number of hydrogen-bond acceptors (Lipinski definition) is 4. The third-order valence-corrected chi connectivity index (χ3v) is 8.94. The molecule has 1 heterocycles. The second kappa shape index (κ2) is 9.30. The Bertz CT molecular complexity index is 1130. The van der Waals surface area contributed by atoms with Crippen LogP contribution in [0.15, 0.2) is 59.5 Å². The van der Waals surface area contributed by atoms with E-state index in [0.29, 0.717) is 12.5 Å². The van der Waals surface area contributed by atoms with Gasteiger partial charge < -0.3 is 5.32 Å². The first kappa shape index (κ1) is 24.7. The summed E-state index contributed by atoms with van der Waals surface area (Å²) in [6.07, 6.45) is -3.93. The molecule has 184 valence electrons. The van der Waals surface area contributed by atoms with Crippen LogP contribution in [0.5, 0.6) is 0 Å². The molecule has 0 bridgehead atoms. The minimum Gasteiger partial charge on any atom is -0.352 e. The molecule has 10 heteroatoms. The maximum absolute atomic E-state index is 15.5. The van der Waals surface area contributed by atoms with E-state index >= 15 is 4.39 Å². The average Bonchev–Trinajstić information content (AvgIpc) is 3.31. The lowest BCUT2D eigenvalue weighted by molar-refractivity contribution is -0.137. The summed E-state index contributed by atoms with van der Waals surface area (Å²) in [6.45, 7) is 0. The highest BCUT2D eigenvalue weighted by Gasteiger charge is 2.48. The first-order valence-electron chi connectivity index (χ1n) is 11.2. The number of halogens is 4. The number of hydrogen-bond donors (Lipinski definition) is 2. The van der Waals surface area contributed by atoms with Gasteiger partial charge in [-0.15, -0.1) is 0 Å². The predicted molar refractivity (Wildman–Crippen MR) is 118 cm³/mol. The van der Waals surface area contributed by atoms with E-state index in [2.05, 4.69) is 10.6 Å². The molecule has 2 aliphatic rings. The lowest BCUT2D eigenvalue weighted by Crippen LogP contribution is -2.49. The van der Waals surface area contributed by atoms with E-state index in [4.69, 9.17) is 0 Å². The van der Waals surface area contributed by atoms with Crippen molar-refractivity contribution in [1.82, 2.24) is 10.6 Å². The zero-order valence-corrected chi connectivity index (χ0v) is 19.1. The maximum atomic E-state index is 15.5. The topological polar surface area (TPSA) is 75.3 Å². The molecule has 2 atom stereocenters. The van der Waals surface area contributed by atoms with Gasteiger partial charge in [-0.05, 0) is 62.3 Å². The summed E-state index contributed by atoms with van der Waals surface area (Å²) in [6, 6.07) is 12.2. The fraction of sp³-hybridized carbons (Fsp3) is 0.458. The molecule has 2 aromatic rings. The molecule has 0 unspecified atom stereocenters. The highest BCUT2D eigenvalue weighted by molar-refractivity contribution is 7.92. The normalized spacial score (nSPS) is 27.9. The fourth-order valence-electron chi connectivity index (χ4n) is 4.71. The first-order valence-corrected chi connectivity index (χ1v) is 12.7. The van der Waals surface area contributed by atoms with Crippen molar-refractivity contribution in [1.29, 1.82) is 0 Å². The average molecular weight is 499 g/mol. The minimum atomic E-state index is -4.73. The van der Waals surface area contributed by atoms with E-state index in [9.17, 15) is 26.4 Å². The van der Waals surface area contributed by atoms with Gasteiger partial charge in [0.1, 0.15) is 0 Å². The van der Waals surface area contributed by atoms with Crippen LogP contribution in [-0.2, 0) is 20.8 Å². The van der Waals surface area contributed by atoms with Gasteiger partial charge in [0, 0.05) is 12.1 Å². The van der Waals surface area contributed by atoms with Gasteiger partial charge >= 0.3 is 6.18 Å². The maximum Gasteiger partial charge on any atom is 0.416 e. The number of nitrogens with one attached hydrogen (secondary N) is 2. The number of carbonyl (C=O) groups is 1. The van der Waals surface area contributed by atoms with Crippen molar-refractivity contribution in [2.75, 3.05) is 0 Å². The summed E-state index contributed by atoms with van der Waals surface area (Å²) in [5, 5.41) is 3.50. The fourth-order valence-corrected chi connectivity index (χ4v) is 6.45. The van der Waals surface area contributed by atoms with Crippen LogP contribution in [0, 0.1) is 0 Å². The summed E-state index contributed by atoms with van der Waals surface area (Å²) >= 11 is 0. The van der Waals surface area contributed by atoms with Gasteiger partial charge in [0.15, 0.2) is 0 Å². The Balaban J connectivity index is 1.36. The smallest absolute Gasteiger partial charge is 0.352 e. The monoisotopic (exact) mass is 498 g/mol. The Labute approximate surface area is 195 Å². The molecule has 0 aromatic heterocycles. The van der Waals surface area contributed by atoms with Crippen molar-refractivity contribution in [2.24, 2.45) is 0 Å². The second-order valence-corrected chi connectivity index (χ2v) is 11.2. The van der Waals surface area contributed by atoms with Crippen molar-refractivity contribution in [3.05, 3.63) is 65.7 Å². The SMILES string of the molecule is O=C(NC1CCC(F)(S(=O)(=O)c2cccc(C(F)(F)F)c2)CC1)[C@@H]1CC[C@H](c2ccccc2)N1. The molecular formula is C24H26F4N2O3S. The van der Waals surface area contributed by atoms with E-state index < -0.39 is 56.4 Å². The molecule has 2 fully saturated rings.